The van der Waals surface area contributed by atoms with Crippen LogP contribution in [0.3, 0.4) is 0 Å². The van der Waals surface area contributed by atoms with Crippen molar-refractivity contribution in [2.75, 3.05) is 26.2 Å². The van der Waals surface area contributed by atoms with Crippen LogP contribution in [0, 0.1) is 0 Å². The molecular formula is C7H11N2OY-. The summed E-state index contributed by atoms with van der Waals surface area (Å²) in [6, 6.07) is 0. The van der Waals surface area contributed by atoms with Gasteiger partial charge in [-0.1, -0.05) is 6.58 Å². The molecule has 11 heavy (non-hydrogen) atoms. The predicted molar refractivity (Wildman–Crippen MR) is 39.9 cm³/mol. The van der Waals surface area contributed by atoms with Crippen molar-refractivity contribution in [1.82, 2.24) is 4.90 Å². The van der Waals surface area contributed by atoms with Gasteiger partial charge in [-0.15, -0.1) is 13.1 Å². The van der Waals surface area contributed by atoms with E-state index in [1.54, 1.807) is 4.90 Å². The van der Waals surface area contributed by atoms with Gasteiger partial charge in [-0.2, -0.15) is 0 Å². The number of nitrogens with zero attached hydrogens (tertiary/aromatic N) is 2. The van der Waals surface area contributed by atoms with Crippen LogP contribution in [0.1, 0.15) is 0 Å². The fourth-order valence-electron chi connectivity index (χ4n) is 0.956. The largest absolute Gasteiger partial charge is 0.659 e. The van der Waals surface area contributed by atoms with Crippen molar-refractivity contribution >= 4 is 5.91 Å². The molecule has 3 nitrogen and oxygen atoms in total. The molecule has 1 saturated heterocycles. The first-order valence-electron chi connectivity index (χ1n) is 3.39. The Labute approximate surface area is 92.1 Å². The van der Waals surface area contributed by atoms with Crippen molar-refractivity contribution in [3.63, 3.8) is 0 Å². The summed E-state index contributed by atoms with van der Waals surface area (Å²) in [6.07, 6.45) is 1.35. The molecule has 0 aliphatic carbocycles. The minimum Gasteiger partial charge on any atom is -0.659 e. The van der Waals surface area contributed by atoms with E-state index in [0.29, 0.717) is 0 Å². The van der Waals surface area contributed by atoms with Gasteiger partial charge in [0, 0.05) is 45.8 Å². The van der Waals surface area contributed by atoms with Gasteiger partial charge in [0.05, 0.1) is 0 Å². The molecule has 1 rings (SSSR count). The van der Waals surface area contributed by atoms with Gasteiger partial charge in [0.15, 0.2) is 0 Å². The molecule has 4 heteroatoms. The Morgan fingerprint density at radius 1 is 1.45 bits per heavy atom. The Balaban J connectivity index is 0.000001000. The fourth-order valence-corrected chi connectivity index (χ4v) is 0.956. The molecule has 59 valence electrons. The number of piperazine rings is 1. The van der Waals surface area contributed by atoms with E-state index in [0.717, 1.165) is 26.2 Å². The third-order valence-corrected chi connectivity index (χ3v) is 1.54. The van der Waals surface area contributed by atoms with E-state index in [1.807, 2.05) is 0 Å². The second-order valence-electron chi connectivity index (χ2n) is 2.20. The van der Waals surface area contributed by atoms with Crippen LogP contribution in [0.2, 0.25) is 0 Å². The molecule has 0 aromatic rings. The van der Waals surface area contributed by atoms with Crippen LogP contribution in [0.25, 0.3) is 5.32 Å². The molecule has 1 radical (unpaired) electrons. The number of hydrogen-bond acceptors (Lipinski definition) is 1. The summed E-state index contributed by atoms with van der Waals surface area (Å²) in [5.41, 5.74) is 0. The van der Waals surface area contributed by atoms with Crippen LogP contribution >= 0.6 is 0 Å². The van der Waals surface area contributed by atoms with Gasteiger partial charge in [0.25, 0.3) is 0 Å². The van der Waals surface area contributed by atoms with E-state index < -0.39 is 0 Å². The number of hydrogen-bond donors (Lipinski definition) is 0. The van der Waals surface area contributed by atoms with Crippen LogP contribution in [-0.4, -0.2) is 37.0 Å². The Morgan fingerprint density at radius 2 is 2.00 bits per heavy atom. The van der Waals surface area contributed by atoms with E-state index in [4.69, 9.17) is 0 Å². The third kappa shape index (κ3) is 3.45. The zero-order valence-electron chi connectivity index (χ0n) is 6.49. The quantitative estimate of drug-likeness (QED) is 0.597. The van der Waals surface area contributed by atoms with Gasteiger partial charge < -0.3 is 10.2 Å². The molecule has 0 aromatic heterocycles. The van der Waals surface area contributed by atoms with E-state index in [1.165, 1.54) is 6.08 Å². The third-order valence-electron chi connectivity index (χ3n) is 1.54. The van der Waals surface area contributed by atoms with Crippen LogP contribution in [-0.2, 0) is 37.5 Å². The van der Waals surface area contributed by atoms with E-state index in [9.17, 15) is 4.79 Å². The summed E-state index contributed by atoms with van der Waals surface area (Å²) in [4.78, 5) is 12.7. The summed E-state index contributed by atoms with van der Waals surface area (Å²) in [6.45, 7) is 6.48. The van der Waals surface area contributed by atoms with Crippen molar-refractivity contribution in [2.24, 2.45) is 0 Å². The number of rotatable bonds is 1. The van der Waals surface area contributed by atoms with Crippen molar-refractivity contribution < 1.29 is 37.5 Å². The molecule has 0 N–H and O–H groups in total. The first kappa shape index (κ1) is 11.3. The number of carbonyl (C=O) groups excluding carboxylic acids is 1. The van der Waals surface area contributed by atoms with Crippen LogP contribution in [0.15, 0.2) is 12.7 Å². The average Bonchev–Trinajstić information content (AvgIpc) is 2.05. The Bertz CT molecular complexity index is 143. The molecule has 0 spiro atoms. The van der Waals surface area contributed by atoms with Gasteiger partial charge in [-0.05, 0) is 6.08 Å². The van der Waals surface area contributed by atoms with Gasteiger partial charge in [0.1, 0.15) is 0 Å². The van der Waals surface area contributed by atoms with E-state index in [2.05, 4.69) is 11.9 Å². The van der Waals surface area contributed by atoms with Gasteiger partial charge in [0.2, 0.25) is 5.91 Å². The molecule has 0 aromatic carbocycles. The van der Waals surface area contributed by atoms with E-state index >= 15 is 0 Å². The van der Waals surface area contributed by atoms with Crippen LogP contribution < -0.4 is 0 Å². The maximum atomic E-state index is 10.9. The summed E-state index contributed by atoms with van der Waals surface area (Å²) in [5.74, 6) is 0.0231. The van der Waals surface area contributed by atoms with E-state index in [-0.39, 0.29) is 38.6 Å². The maximum absolute atomic E-state index is 10.9. The second kappa shape index (κ2) is 5.87. The summed E-state index contributed by atoms with van der Waals surface area (Å²) >= 11 is 0. The van der Waals surface area contributed by atoms with Crippen molar-refractivity contribution in [3.05, 3.63) is 18.0 Å². The van der Waals surface area contributed by atoms with Crippen molar-refractivity contribution in [2.45, 2.75) is 0 Å². The van der Waals surface area contributed by atoms with Gasteiger partial charge in [-0.3, -0.25) is 4.79 Å². The Kier molecular flexibility index (Phi) is 6.01. The monoisotopic (exact) mass is 228 g/mol. The second-order valence-corrected chi connectivity index (χ2v) is 2.20. The zero-order chi connectivity index (χ0) is 7.40. The van der Waals surface area contributed by atoms with Crippen molar-refractivity contribution in [1.29, 1.82) is 0 Å². The molecular weight excluding hydrogens is 217 g/mol. The first-order valence-corrected chi connectivity index (χ1v) is 3.39. The summed E-state index contributed by atoms with van der Waals surface area (Å²) < 4.78 is 0. The molecule has 0 bridgehead atoms. The van der Waals surface area contributed by atoms with Gasteiger partial charge >= 0.3 is 0 Å². The molecule has 1 fully saturated rings. The molecule has 1 amide bonds. The molecule has 1 aliphatic heterocycles. The SMILES string of the molecule is C=CC(=O)N1CC[N-]CC1.[Y]. The van der Waals surface area contributed by atoms with Gasteiger partial charge in [-0.25, -0.2) is 0 Å². The molecule has 0 saturated carbocycles. The summed E-state index contributed by atoms with van der Waals surface area (Å²) in [7, 11) is 0. The van der Waals surface area contributed by atoms with Crippen LogP contribution in [0.4, 0.5) is 0 Å². The molecule has 1 heterocycles. The maximum Gasteiger partial charge on any atom is 0.245 e. The standard InChI is InChI=1S/C7H11N2O.Y/c1-2-7(10)9-5-3-8-4-6-9;/h2H,1,3-6H2;/q-1;. The Hall–Kier alpha value is 0.274. The number of carbonyl (C=O) groups is 1. The molecule has 1 aliphatic rings. The average molecular weight is 228 g/mol. The number of amides is 1. The minimum atomic E-state index is 0. The zero-order valence-corrected chi connectivity index (χ0v) is 9.33. The summed E-state index contributed by atoms with van der Waals surface area (Å²) in [5, 5.41) is 4.12. The predicted octanol–water partition coefficient (Wildman–Crippen LogP) is 0.386. The first-order chi connectivity index (χ1) is 4.84. The Morgan fingerprint density at radius 3 is 2.45 bits per heavy atom. The topological polar surface area (TPSA) is 34.4 Å². The molecule has 0 atom stereocenters. The molecule has 0 unspecified atom stereocenters. The van der Waals surface area contributed by atoms with Crippen LogP contribution in [0.5, 0.6) is 0 Å². The smallest absolute Gasteiger partial charge is 0.245 e. The minimum absolute atomic E-state index is 0. The van der Waals surface area contributed by atoms with Crippen molar-refractivity contribution in [3.8, 4) is 0 Å². The normalized spacial score (nSPS) is 16.9. The fraction of sp³-hybridized carbons (Fsp3) is 0.571.